The van der Waals surface area contributed by atoms with Crippen molar-refractivity contribution in [1.82, 2.24) is 20.1 Å². The lowest BCUT2D eigenvalue weighted by Crippen LogP contribution is -2.38. The van der Waals surface area contributed by atoms with E-state index in [4.69, 9.17) is 10.00 Å². The molecule has 2 saturated heterocycles. The highest BCUT2D eigenvalue weighted by Gasteiger charge is 2.26. The maximum atomic E-state index is 13.5. The van der Waals surface area contributed by atoms with Crippen molar-refractivity contribution in [2.45, 2.75) is 45.1 Å². The molecule has 180 valence electrons. The molecule has 3 aromatic rings. The van der Waals surface area contributed by atoms with Crippen LogP contribution in [0.1, 0.15) is 57.8 Å². The van der Waals surface area contributed by atoms with Gasteiger partial charge in [0.25, 0.3) is 5.91 Å². The summed E-state index contributed by atoms with van der Waals surface area (Å²) in [6.45, 7) is 6.86. The summed E-state index contributed by atoms with van der Waals surface area (Å²) in [6.07, 6.45) is 2.77. The van der Waals surface area contributed by atoms with Gasteiger partial charge in [0, 0.05) is 30.8 Å². The quantitative estimate of drug-likeness (QED) is 0.579. The van der Waals surface area contributed by atoms with Crippen molar-refractivity contribution < 1.29 is 9.53 Å². The van der Waals surface area contributed by atoms with Crippen LogP contribution < -0.4 is 5.32 Å². The smallest absolute Gasteiger partial charge is 0.254 e. The van der Waals surface area contributed by atoms with Crippen molar-refractivity contribution in [2.75, 3.05) is 31.6 Å². The Morgan fingerprint density at radius 3 is 2.60 bits per heavy atom. The zero-order valence-electron chi connectivity index (χ0n) is 20.2. The van der Waals surface area contributed by atoms with Gasteiger partial charge in [-0.05, 0) is 73.9 Å². The summed E-state index contributed by atoms with van der Waals surface area (Å²) in [5, 5.41) is 19.7. The maximum Gasteiger partial charge on any atom is 0.254 e. The molecule has 35 heavy (non-hydrogen) atoms. The molecular weight excluding hydrogens is 440 g/mol. The van der Waals surface area contributed by atoms with Gasteiger partial charge in [0.2, 0.25) is 5.95 Å². The molecule has 0 aliphatic carbocycles. The number of H-pyrrole nitrogens is 1. The fraction of sp³-hybridized carbons (Fsp3) is 0.407. The lowest BCUT2D eigenvalue weighted by molar-refractivity contribution is 0.0712. The summed E-state index contributed by atoms with van der Waals surface area (Å²) in [7, 11) is 0. The van der Waals surface area contributed by atoms with Crippen molar-refractivity contribution in [1.29, 1.82) is 5.26 Å². The number of hydrogen-bond acceptors (Lipinski definition) is 6. The number of nitriles is 1. The predicted molar refractivity (Wildman–Crippen MR) is 133 cm³/mol. The Balaban J connectivity index is 1.29. The molecule has 0 saturated carbocycles. The van der Waals surface area contributed by atoms with Crippen molar-refractivity contribution in [3.05, 3.63) is 64.2 Å². The van der Waals surface area contributed by atoms with Gasteiger partial charge in [0.15, 0.2) is 5.82 Å². The Morgan fingerprint density at radius 2 is 1.91 bits per heavy atom. The van der Waals surface area contributed by atoms with E-state index in [1.807, 2.05) is 55.1 Å². The second kappa shape index (κ2) is 9.88. The van der Waals surface area contributed by atoms with Crippen LogP contribution in [0.4, 0.5) is 5.95 Å². The lowest BCUT2D eigenvalue weighted by atomic mass is 9.88. The number of rotatable bonds is 5. The summed E-state index contributed by atoms with van der Waals surface area (Å²) in [6, 6.07) is 14.2. The number of benzene rings is 2. The second-order valence-electron chi connectivity index (χ2n) is 9.49. The highest BCUT2D eigenvalue weighted by Crippen LogP contribution is 2.31. The van der Waals surface area contributed by atoms with Crippen molar-refractivity contribution in [3.8, 4) is 17.5 Å². The number of piperidine rings is 1. The molecule has 8 heteroatoms. The van der Waals surface area contributed by atoms with Crippen LogP contribution in [-0.2, 0) is 4.74 Å². The van der Waals surface area contributed by atoms with E-state index in [1.54, 1.807) is 0 Å². The number of likely N-dealkylation sites (tertiary alicyclic amines) is 1. The SMILES string of the molecule is Cc1cc(C)c(-c2nc(NC3CCOC3)n[nH]2)cc1C(=O)N1CCC(c2ccc(C#N)cc2)CC1. The van der Waals surface area contributed by atoms with Crippen molar-refractivity contribution in [3.63, 3.8) is 0 Å². The van der Waals surface area contributed by atoms with Gasteiger partial charge in [-0.3, -0.25) is 9.89 Å². The molecule has 2 fully saturated rings. The number of carbonyl (C=O) groups is 1. The monoisotopic (exact) mass is 470 g/mol. The molecule has 5 rings (SSSR count). The maximum absolute atomic E-state index is 13.5. The number of carbonyl (C=O) groups excluding carboxylic acids is 1. The normalized spacial score (nSPS) is 18.4. The molecule has 0 spiro atoms. The van der Waals surface area contributed by atoms with Crippen LogP contribution >= 0.6 is 0 Å². The van der Waals surface area contributed by atoms with Gasteiger partial charge in [0.05, 0.1) is 24.3 Å². The van der Waals surface area contributed by atoms with Gasteiger partial charge in [-0.15, -0.1) is 5.10 Å². The van der Waals surface area contributed by atoms with Crippen LogP contribution in [0.5, 0.6) is 0 Å². The molecule has 2 aromatic carbocycles. The third-order valence-corrected chi connectivity index (χ3v) is 7.10. The topological polar surface area (TPSA) is 107 Å². The minimum Gasteiger partial charge on any atom is -0.379 e. The zero-order valence-corrected chi connectivity index (χ0v) is 20.2. The van der Waals surface area contributed by atoms with Gasteiger partial charge in [-0.25, -0.2) is 0 Å². The lowest BCUT2D eigenvalue weighted by Gasteiger charge is -2.32. The van der Waals surface area contributed by atoms with Crippen LogP contribution in [0.15, 0.2) is 36.4 Å². The minimum atomic E-state index is 0.0583. The fourth-order valence-corrected chi connectivity index (χ4v) is 5.03. The van der Waals surface area contributed by atoms with Crippen LogP contribution in [0.3, 0.4) is 0 Å². The van der Waals surface area contributed by atoms with E-state index < -0.39 is 0 Å². The number of ether oxygens (including phenoxy) is 1. The van der Waals surface area contributed by atoms with E-state index >= 15 is 0 Å². The Morgan fingerprint density at radius 1 is 1.14 bits per heavy atom. The van der Waals surface area contributed by atoms with E-state index in [1.165, 1.54) is 5.56 Å². The van der Waals surface area contributed by atoms with E-state index in [-0.39, 0.29) is 11.9 Å². The van der Waals surface area contributed by atoms with Crippen LogP contribution in [0.25, 0.3) is 11.4 Å². The van der Waals surface area contributed by atoms with Gasteiger partial charge in [0.1, 0.15) is 0 Å². The average molecular weight is 471 g/mol. The van der Waals surface area contributed by atoms with Crippen LogP contribution in [0, 0.1) is 25.2 Å². The van der Waals surface area contributed by atoms with Crippen LogP contribution in [-0.4, -0.2) is 58.3 Å². The highest BCUT2D eigenvalue weighted by molar-refractivity contribution is 5.97. The number of anilines is 1. The number of nitrogens with zero attached hydrogens (tertiary/aromatic N) is 4. The first-order chi connectivity index (χ1) is 17.0. The number of amides is 1. The summed E-state index contributed by atoms with van der Waals surface area (Å²) in [5.41, 5.74) is 5.52. The number of nitrogens with one attached hydrogen (secondary N) is 2. The molecule has 2 aliphatic rings. The molecule has 2 aliphatic heterocycles. The minimum absolute atomic E-state index is 0.0583. The second-order valence-corrected chi connectivity index (χ2v) is 9.49. The van der Waals surface area contributed by atoms with E-state index in [9.17, 15) is 4.79 Å². The molecule has 0 bridgehead atoms. The van der Waals surface area contributed by atoms with Crippen molar-refractivity contribution >= 4 is 11.9 Å². The molecule has 1 atom stereocenters. The third kappa shape index (κ3) is 4.91. The predicted octanol–water partition coefficient (Wildman–Crippen LogP) is 4.18. The Bertz CT molecular complexity index is 1250. The van der Waals surface area contributed by atoms with Gasteiger partial charge in [-0.1, -0.05) is 18.2 Å². The first kappa shape index (κ1) is 23.1. The first-order valence-electron chi connectivity index (χ1n) is 12.2. The largest absolute Gasteiger partial charge is 0.379 e. The number of hydrogen-bond donors (Lipinski definition) is 2. The van der Waals surface area contributed by atoms with Gasteiger partial charge in [-0.2, -0.15) is 10.2 Å². The fourth-order valence-electron chi connectivity index (χ4n) is 5.03. The number of aryl methyl sites for hydroxylation is 2. The molecule has 1 unspecified atom stereocenters. The van der Waals surface area contributed by atoms with Crippen molar-refractivity contribution in [2.24, 2.45) is 0 Å². The Kier molecular flexibility index (Phi) is 6.51. The standard InChI is InChI=1S/C27H30N6O2/c1-17-13-18(2)24(14-23(17)25-30-27(32-31-25)29-22-9-12-35-16-22)26(34)33-10-7-21(8-11-33)20-5-3-19(15-28)4-6-20/h3-6,13-14,21-22H,7-12,16H2,1-2H3,(H2,29,30,31,32). The average Bonchev–Trinajstić information content (AvgIpc) is 3.57. The molecular formula is C27H30N6O2. The number of aromatic nitrogens is 3. The molecule has 3 heterocycles. The van der Waals surface area contributed by atoms with E-state index in [2.05, 4.69) is 26.6 Å². The van der Waals surface area contributed by atoms with Gasteiger partial charge < -0.3 is 15.0 Å². The summed E-state index contributed by atoms with van der Waals surface area (Å²) < 4.78 is 5.41. The van der Waals surface area contributed by atoms with Crippen LogP contribution in [0.2, 0.25) is 0 Å². The molecule has 1 aromatic heterocycles. The Hall–Kier alpha value is -3.70. The van der Waals surface area contributed by atoms with Gasteiger partial charge >= 0.3 is 0 Å². The van der Waals surface area contributed by atoms with E-state index in [0.29, 0.717) is 48.5 Å². The summed E-state index contributed by atoms with van der Waals surface area (Å²) in [5.74, 6) is 1.67. The summed E-state index contributed by atoms with van der Waals surface area (Å²) in [4.78, 5) is 20.1. The molecule has 8 nitrogen and oxygen atoms in total. The van der Waals surface area contributed by atoms with E-state index in [0.717, 1.165) is 42.6 Å². The number of aromatic amines is 1. The molecule has 2 N–H and O–H groups in total. The molecule has 1 amide bonds. The summed E-state index contributed by atoms with van der Waals surface area (Å²) >= 11 is 0. The molecule has 0 radical (unpaired) electrons. The Labute approximate surface area is 205 Å². The third-order valence-electron chi connectivity index (χ3n) is 7.10. The highest BCUT2D eigenvalue weighted by atomic mass is 16.5. The first-order valence-corrected chi connectivity index (χ1v) is 12.2. The zero-order chi connectivity index (χ0) is 24.4.